The molecule has 1 aliphatic heterocycles. The SMILES string of the molecule is CN(C)CCN1CCN(c2c(F)cc(CO)cc2F)CC1. The Morgan fingerprint density at radius 2 is 1.67 bits per heavy atom. The van der Waals surface area contributed by atoms with Gasteiger partial charge in [0.25, 0.3) is 0 Å². The number of likely N-dealkylation sites (N-methyl/N-ethyl adjacent to an activating group) is 1. The molecule has 1 aliphatic rings. The van der Waals surface area contributed by atoms with Gasteiger partial charge >= 0.3 is 0 Å². The van der Waals surface area contributed by atoms with E-state index in [1.54, 1.807) is 4.90 Å². The average Bonchev–Trinajstić information content (AvgIpc) is 2.45. The molecule has 118 valence electrons. The van der Waals surface area contributed by atoms with Gasteiger partial charge < -0.3 is 14.9 Å². The van der Waals surface area contributed by atoms with E-state index in [0.717, 1.165) is 26.2 Å². The van der Waals surface area contributed by atoms with Gasteiger partial charge in [0.15, 0.2) is 0 Å². The van der Waals surface area contributed by atoms with E-state index < -0.39 is 11.6 Å². The van der Waals surface area contributed by atoms with Crippen LogP contribution in [0.5, 0.6) is 0 Å². The molecule has 0 atom stereocenters. The third-order valence-corrected chi connectivity index (χ3v) is 3.81. The number of aliphatic hydroxyl groups is 1. The van der Waals surface area contributed by atoms with Crippen LogP contribution in [-0.2, 0) is 6.61 Å². The number of anilines is 1. The van der Waals surface area contributed by atoms with Gasteiger partial charge in [0.2, 0.25) is 0 Å². The zero-order chi connectivity index (χ0) is 15.4. The molecule has 0 spiro atoms. The summed E-state index contributed by atoms with van der Waals surface area (Å²) in [6.45, 7) is 4.41. The highest BCUT2D eigenvalue weighted by Gasteiger charge is 2.22. The second-order valence-corrected chi connectivity index (χ2v) is 5.70. The van der Waals surface area contributed by atoms with Crippen molar-refractivity contribution in [2.24, 2.45) is 0 Å². The lowest BCUT2D eigenvalue weighted by Crippen LogP contribution is -2.48. The Bertz CT molecular complexity index is 451. The number of hydrogen-bond donors (Lipinski definition) is 1. The van der Waals surface area contributed by atoms with Gasteiger partial charge in [0, 0.05) is 39.3 Å². The van der Waals surface area contributed by atoms with Gasteiger partial charge in [-0.1, -0.05) is 0 Å². The molecule has 6 heteroatoms. The van der Waals surface area contributed by atoms with Crippen LogP contribution >= 0.6 is 0 Å². The van der Waals surface area contributed by atoms with Gasteiger partial charge in [-0.2, -0.15) is 0 Å². The Labute approximate surface area is 124 Å². The number of benzene rings is 1. The summed E-state index contributed by atoms with van der Waals surface area (Å²) in [6, 6.07) is 2.41. The number of rotatable bonds is 5. The van der Waals surface area contributed by atoms with Crippen LogP contribution in [0.2, 0.25) is 0 Å². The van der Waals surface area contributed by atoms with Crippen LogP contribution in [0, 0.1) is 11.6 Å². The van der Waals surface area contributed by atoms with E-state index in [9.17, 15) is 8.78 Å². The predicted molar refractivity (Wildman–Crippen MR) is 79.5 cm³/mol. The number of hydrogen-bond acceptors (Lipinski definition) is 4. The standard InChI is InChI=1S/C15H23F2N3O/c1-18(2)3-4-19-5-7-20(8-6-19)15-13(16)9-12(11-21)10-14(15)17/h9-10,21H,3-8,11H2,1-2H3. The summed E-state index contributed by atoms with van der Waals surface area (Å²) < 4.78 is 28.0. The van der Waals surface area contributed by atoms with Crippen LogP contribution in [0.25, 0.3) is 0 Å². The molecular formula is C15H23F2N3O. The molecule has 0 unspecified atom stereocenters. The quantitative estimate of drug-likeness (QED) is 0.883. The van der Waals surface area contributed by atoms with Gasteiger partial charge in [0.1, 0.15) is 17.3 Å². The minimum absolute atomic E-state index is 0.0273. The van der Waals surface area contributed by atoms with Crippen LogP contribution < -0.4 is 4.90 Å². The largest absolute Gasteiger partial charge is 0.392 e. The Morgan fingerprint density at radius 1 is 1.10 bits per heavy atom. The highest BCUT2D eigenvalue weighted by Crippen LogP contribution is 2.26. The van der Waals surface area contributed by atoms with Crippen molar-refractivity contribution in [1.82, 2.24) is 9.80 Å². The summed E-state index contributed by atoms with van der Waals surface area (Å²) >= 11 is 0. The van der Waals surface area contributed by atoms with Crippen LogP contribution in [0.3, 0.4) is 0 Å². The van der Waals surface area contributed by atoms with E-state index in [0.29, 0.717) is 13.1 Å². The van der Waals surface area contributed by atoms with Crippen LogP contribution in [0.1, 0.15) is 5.56 Å². The molecule has 0 amide bonds. The first-order valence-electron chi connectivity index (χ1n) is 7.22. The van der Waals surface area contributed by atoms with Crippen molar-refractivity contribution in [3.05, 3.63) is 29.3 Å². The molecular weight excluding hydrogens is 276 g/mol. The maximum absolute atomic E-state index is 14.0. The van der Waals surface area contributed by atoms with Crippen molar-refractivity contribution in [1.29, 1.82) is 0 Å². The lowest BCUT2D eigenvalue weighted by Gasteiger charge is -2.36. The summed E-state index contributed by atoms with van der Waals surface area (Å²) in [4.78, 5) is 6.17. The molecule has 1 heterocycles. The molecule has 0 bridgehead atoms. The van der Waals surface area contributed by atoms with E-state index in [1.807, 2.05) is 14.1 Å². The summed E-state index contributed by atoms with van der Waals surface area (Å²) in [5.41, 5.74) is 0.290. The summed E-state index contributed by atoms with van der Waals surface area (Å²) in [5, 5.41) is 8.97. The number of piperazine rings is 1. The highest BCUT2D eigenvalue weighted by atomic mass is 19.1. The van der Waals surface area contributed by atoms with Crippen molar-refractivity contribution in [3.63, 3.8) is 0 Å². The maximum Gasteiger partial charge on any atom is 0.149 e. The van der Waals surface area contributed by atoms with Crippen molar-refractivity contribution in [2.45, 2.75) is 6.61 Å². The van der Waals surface area contributed by atoms with E-state index in [1.165, 1.54) is 12.1 Å². The molecule has 4 nitrogen and oxygen atoms in total. The van der Waals surface area contributed by atoms with Crippen LogP contribution in [-0.4, -0.2) is 68.3 Å². The van der Waals surface area contributed by atoms with Gasteiger partial charge in [0.05, 0.1) is 6.61 Å². The van der Waals surface area contributed by atoms with Crippen molar-refractivity contribution < 1.29 is 13.9 Å². The Balaban J connectivity index is 1.99. The second-order valence-electron chi connectivity index (χ2n) is 5.70. The van der Waals surface area contributed by atoms with Crippen molar-refractivity contribution in [2.75, 3.05) is 58.3 Å². The first-order valence-corrected chi connectivity index (χ1v) is 7.22. The molecule has 1 saturated heterocycles. The molecule has 1 fully saturated rings. The first-order chi connectivity index (χ1) is 10.0. The Hall–Kier alpha value is -1.24. The van der Waals surface area contributed by atoms with Gasteiger partial charge in [-0.25, -0.2) is 8.78 Å². The molecule has 1 aromatic carbocycles. The van der Waals surface area contributed by atoms with Crippen LogP contribution in [0.15, 0.2) is 12.1 Å². The molecule has 0 aliphatic carbocycles. The first kappa shape index (κ1) is 16.1. The minimum Gasteiger partial charge on any atom is -0.392 e. The lowest BCUT2D eigenvalue weighted by molar-refractivity contribution is 0.228. The van der Waals surface area contributed by atoms with Gasteiger partial charge in [-0.05, 0) is 31.8 Å². The maximum atomic E-state index is 14.0. The summed E-state index contributed by atoms with van der Waals surface area (Å²) in [7, 11) is 4.06. The number of halogens is 2. The zero-order valence-electron chi connectivity index (χ0n) is 12.6. The molecule has 0 radical (unpaired) electrons. The fraction of sp³-hybridized carbons (Fsp3) is 0.600. The Kier molecular flexibility index (Phi) is 5.50. The molecule has 21 heavy (non-hydrogen) atoms. The van der Waals surface area contributed by atoms with E-state index in [4.69, 9.17) is 5.11 Å². The third kappa shape index (κ3) is 4.12. The normalized spacial score (nSPS) is 16.8. The number of nitrogens with zero attached hydrogens (tertiary/aromatic N) is 3. The summed E-state index contributed by atoms with van der Waals surface area (Å²) in [6.07, 6.45) is 0. The van der Waals surface area contributed by atoms with Gasteiger partial charge in [-0.15, -0.1) is 0 Å². The van der Waals surface area contributed by atoms with Gasteiger partial charge in [-0.3, -0.25) is 4.90 Å². The lowest BCUT2D eigenvalue weighted by atomic mass is 10.1. The fourth-order valence-electron chi connectivity index (χ4n) is 2.55. The van der Waals surface area contributed by atoms with Crippen LogP contribution in [0.4, 0.5) is 14.5 Å². The Morgan fingerprint density at radius 3 is 2.14 bits per heavy atom. The monoisotopic (exact) mass is 299 g/mol. The number of aliphatic hydroxyl groups excluding tert-OH is 1. The minimum atomic E-state index is -0.596. The second kappa shape index (κ2) is 7.15. The van der Waals surface area contributed by atoms with E-state index >= 15 is 0 Å². The third-order valence-electron chi connectivity index (χ3n) is 3.81. The topological polar surface area (TPSA) is 30.0 Å². The molecule has 0 saturated carbocycles. The average molecular weight is 299 g/mol. The van der Waals surface area contributed by atoms with Crippen molar-refractivity contribution in [3.8, 4) is 0 Å². The molecule has 0 aromatic heterocycles. The molecule has 2 rings (SSSR count). The zero-order valence-corrected chi connectivity index (χ0v) is 12.6. The predicted octanol–water partition coefficient (Wildman–Crippen LogP) is 1.14. The molecule has 1 aromatic rings. The van der Waals surface area contributed by atoms with E-state index in [-0.39, 0.29) is 17.9 Å². The smallest absolute Gasteiger partial charge is 0.149 e. The molecule has 1 N–H and O–H groups in total. The van der Waals surface area contributed by atoms with Crippen molar-refractivity contribution >= 4 is 5.69 Å². The van der Waals surface area contributed by atoms with E-state index in [2.05, 4.69) is 9.80 Å². The fourth-order valence-corrected chi connectivity index (χ4v) is 2.55. The summed E-state index contributed by atoms with van der Waals surface area (Å²) in [5.74, 6) is -1.19. The highest BCUT2D eigenvalue weighted by molar-refractivity contribution is 5.51.